The molecule has 0 aliphatic rings. The Kier molecular flexibility index (Phi) is 5.75. The second-order valence-corrected chi connectivity index (χ2v) is 5.72. The summed E-state index contributed by atoms with van der Waals surface area (Å²) in [5, 5.41) is 2.89. The summed E-state index contributed by atoms with van der Waals surface area (Å²) in [5.74, 6) is -0.265. The summed E-state index contributed by atoms with van der Waals surface area (Å²) in [6.45, 7) is 8.48. The molecule has 0 atom stereocenters. The van der Waals surface area contributed by atoms with Crippen LogP contribution in [0, 0.1) is 0 Å². The smallest absolute Gasteiger partial charge is 0.360 e. The standard InChI is InChI=1S/C14H23N3O4/c1-6-7-17(13(19)16-14(2,3)4)8-11-15-10(9-21-11)12(18)20-5/h9H,6-8H2,1-5H3,(H,16,19). The van der Waals surface area contributed by atoms with Gasteiger partial charge in [-0.25, -0.2) is 14.6 Å². The molecule has 1 N–H and O–H groups in total. The van der Waals surface area contributed by atoms with Crippen molar-refractivity contribution in [2.24, 2.45) is 0 Å². The van der Waals surface area contributed by atoms with Crippen LogP contribution in [-0.4, -0.2) is 41.1 Å². The van der Waals surface area contributed by atoms with E-state index in [1.54, 1.807) is 4.90 Å². The van der Waals surface area contributed by atoms with Crippen molar-refractivity contribution in [3.05, 3.63) is 17.8 Å². The number of ether oxygens (including phenoxy) is 1. The zero-order chi connectivity index (χ0) is 16.0. The zero-order valence-electron chi connectivity index (χ0n) is 13.2. The second kappa shape index (κ2) is 7.10. The fourth-order valence-electron chi connectivity index (χ4n) is 1.67. The molecular formula is C14H23N3O4. The van der Waals surface area contributed by atoms with E-state index in [-0.39, 0.29) is 23.8 Å². The molecule has 0 saturated carbocycles. The third-order valence-corrected chi connectivity index (χ3v) is 2.54. The Bertz CT molecular complexity index is 491. The number of carbonyl (C=O) groups is 2. The SMILES string of the molecule is CCCN(Cc1nc(C(=O)OC)co1)C(=O)NC(C)(C)C. The third-order valence-electron chi connectivity index (χ3n) is 2.54. The van der Waals surface area contributed by atoms with E-state index in [2.05, 4.69) is 15.0 Å². The van der Waals surface area contributed by atoms with Crippen molar-refractivity contribution in [1.29, 1.82) is 0 Å². The number of aromatic nitrogens is 1. The van der Waals surface area contributed by atoms with E-state index in [9.17, 15) is 9.59 Å². The van der Waals surface area contributed by atoms with Gasteiger partial charge in [-0.1, -0.05) is 6.92 Å². The molecule has 0 fully saturated rings. The van der Waals surface area contributed by atoms with E-state index in [4.69, 9.17) is 4.42 Å². The molecule has 21 heavy (non-hydrogen) atoms. The lowest BCUT2D eigenvalue weighted by molar-refractivity contribution is 0.0594. The van der Waals surface area contributed by atoms with E-state index in [0.29, 0.717) is 12.4 Å². The average molecular weight is 297 g/mol. The van der Waals surface area contributed by atoms with Crippen molar-refractivity contribution >= 4 is 12.0 Å². The van der Waals surface area contributed by atoms with Crippen molar-refractivity contribution in [2.45, 2.75) is 46.2 Å². The first-order chi connectivity index (χ1) is 9.76. The largest absolute Gasteiger partial charge is 0.464 e. The lowest BCUT2D eigenvalue weighted by Crippen LogP contribution is -2.48. The molecule has 0 aliphatic carbocycles. The normalized spacial score (nSPS) is 11.1. The molecule has 1 heterocycles. The van der Waals surface area contributed by atoms with Crippen molar-refractivity contribution < 1.29 is 18.7 Å². The lowest BCUT2D eigenvalue weighted by atomic mass is 10.1. The molecule has 0 spiro atoms. The Balaban J connectivity index is 2.76. The maximum atomic E-state index is 12.2. The summed E-state index contributed by atoms with van der Waals surface area (Å²) in [5.41, 5.74) is -0.225. The lowest BCUT2D eigenvalue weighted by Gasteiger charge is -2.27. The van der Waals surface area contributed by atoms with Crippen LogP contribution < -0.4 is 5.32 Å². The van der Waals surface area contributed by atoms with E-state index >= 15 is 0 Å². The Morgan fingerprint density at radius 3 is 2.62 bits per heavy atom. The minimum absolute atomic E-state index is 0.0974. The molecular weight excluding hydrogens is 274 g/mol. The summed E-state index contributed by atoms with van der Waals surface area (Å²) >= 11 is 0. The van der Waals surface area contributed by atoms with E-state index in [1.165, 1.54) is 13.4 Å². The predicted molar refractivity (Wildman–Crippen MR) is 76.8 cm³/mol. The third kappa shape index (κ3) is 5.45. The van der Waals surface area contributed by atoms with Gasteiger partial charge in [0.1, 0.15) is 6.26 Å². The zero-order valence-corrected chi connectivity index (χ0v) is 13.2. The average Bonchev–Trinajstić information content (AvgIpc) is 2.84. The Morgan fingerprint density at radius 1 is 1.43 bits per heavy atom. The van der Waals surface area contributed by atoms with Crippen LogP contribution in [0.2, 0.25) is 0 Å². The number of methoxy groups -OCH3 is 1. The number of carbonyl (C=O) groups excluding carboxylic acids is 2. The van der Waals surface area contributed by atoms with Gasteiger partial charge in [0.15, 0.2) is 5.69 Å². The minimum atomic E-state index is -0.564. The first kappa shape index (κ1) is 17.0. The first-order valence-electron chi connectivity index (χ1n) is 6.86. The summed E-state index contributed by atoms with van der Waals surface area (Å²) in [7, 11) is 1.27. The summed E-state index contributed by atoms with van der Waals surface area (Å²) in [6, 6.07) is -0.192. The minimum Gasteiger partial charge on any atom is -0.464 e. The quantitative estimate of drug-likeness (QED) is 0.842. The number of amides is 2. The highest BCUT2D eigenvalue weighted by Crippen LogP contribution is 2.09. The highest BCUT2D eigenvalue weighted by Gasteiger charge is 2.21. The predicted octanol–water partition coefficient (Wildman–Crippen LogP) is 2.18. The molecule has 7 nitrogen and oxygen atoms in total. The number of esters is 1. The summed E-state index contributed by atoms with van der Waals surface area (Å²) in [6.07, 6.45) is 2.04. The van der Waals surface area contributed by atoms with Gasteiger partial charge in [0.05, 0.1) is 13.7 Å². The summed E-state index contributed by atoms with van der Waals surface area (Å²) < 4.78 is 9.77. The van der Waals surface area contributed by atoms with Gasteiger partial charge in [0, 0.05) is 12.1 Å². The first-order valence-corrected chi connectivity index (χ1v) is 6.86. The van der Waals surface area contributed by atoms with Gasteiger partial charge in [-0.15, -0.1) is 0 Å². The molecule has 0 aromatic carbocycles. The molecule has 1 aromatic heterocycles. The van der Waals surface area contributed by atoms with Crippen LogP contribution in [0.5, 0.6) is 0 Å². The van der Waals surface area contributed by atoms with E-state index in [0.717, 1.165) is 6.42 Å². The Morgan fingerprint density at radius 2 is 2.10 bits per heavy atom. The van der Waals surface area contributed by atoms with E-state index < -0.39 is 5.97 Å². The second-order valence-electron chi connectivity index (χ2n) is 5.72. The Hall–Kier alpha value is -2.05. The number of nitrogens with zero attached hydrogens (tertiary/aromatic N) is 2. The van der Waals surface area contributed by atoms with Crippen LogP contribution in [0.25, 0.3) is 0 Å². The van der Waals surface area contributed by atoms with Gasteiger partial charge in [-0.05, 0) is 27.2 Å². The van der Waals surface area contributed by atoms with Crippen LogP contribution in [0.4, 0.5) is 4.79 Å². The number of nitrogens with one attached hydrogen (secondary N) is 1. The molecule has 118 valence electrons. The van der Waals surface area contributed by atoms with Crippen molar-refractivity contribution in [1.82, 2.24) is 15.2 Å². The molecule has 0 aliphatic heterocycles. The van der Waals surface area contributed by atoms with Crippen molar-refractivity contribution in [3.63, 3.8) is 0 Å². The van der Waals surface area contributed by atoms with Gasteiger partial charge in [0.25, 0.3) is 0 Å². The molecule has 1 aromatic rings. The van der Waals surface area contributed by atoms with Crippen LogP contribution in [0.1, 0.15) is 50.5 Å². The maximum absolute atomic E-state index is 12.2. The monoisotopic (exact) mass is 297 g/mol. The highest BCUT2D eigenvalue weighted by atomic mass is 16.5. The van der Waals surface area contributed by atoms with Crippen molar-refractivity contribution in [3.8, 4) is 0 Å². The fraction of sp³-hybridized carbons (Fsp3) is 0.643. The molecule has 0 saturated heterocycles. The fourth-order valence-corrected chi connectivity index (χ4v) is 1.67. The van der Waals surface area contributed by atoms with Crippen molar-refractivity contribution in [2.75, 3.05) is 13.7 Å². The summed E-state index contributed by atoms with van der Waals surface area (Å²) in [4.78, 5) is 29.1. The van der Waals surface area contributed by atoms with Gasteiger partial charge < -0.3 is 19.4 Å². The van der Waals surface area contributed by atoms with Crippen LogP contribution in [0.3, 0.4) is 0 Å². The van der Waals surface area contributed by atoms with Gasteiger partial charge in [-0.2, -0.15) is 0 Å². The molecule has 2 amide bonds. The van der Waals surface area contributed by atoms with E-state index in [1.807, 2.05) is 27.7 Å². The molecule has 7 heteroatoms. The van der Waals surface area contributed by atoms with Gasteiger partial charge in [0.2, 0.25) is 5.89 Å². The number of hydrogen-bond acceptors (Lipinski definition) is 5. The van der Waals surface area contributed by atoms with Crippen LogP contribution in [0.15, 0.2) is 10.7 Å². The van der Waals surface area contributed by atoms with Gasteiger partial charge in [-0.3, -0.25) is 0 Å². The highest BCUT2D eigenvalue weighted by molar-refractivity contribution is 5.86. The maximum Gasteiger partial charge on any atom is 0.360 e. The topological polar surface area (TPSA) is 84.7 Å². The van der Waals surface area contributed by atoms with Crippen LogP contribution >= 0.6 is 0 Å². The molecule has 0 radical (unpaired) electrons. The van der Waals surface area contributed by atoms with Crippen LogP contribution in [-0.2, 0) is 11.3 Å². The van der Waals surface area contributed by atoms with Gasteiger partial charge >= 0.3 is 12.0 Å². The molecule has 0 unspecified atom stereocenters. The number of hydrogen-bond donors (Lipinski definition) is 1. The molecule has 0 bridgehead atoms. The number of rotatable bonds is 5. The molecule has 1 rings (SSSR count). The number of oxazole rings is 1. The Labute approximate surface area is 124 Å². The number of urea groups is 1.